The summed E-state index contributed by atoms with van der Waals surface area (Å²) >= 11 is 0. The molecular weight excluding hydrogens is 248 g/mol. The summed E-state index contributed by atoms with van der Waals surface area (Å²) in [5.74, 6) is 0.248. The van der Waals surface area contributed by atoms with Gasteiger partial charge in [-0.1, -0.05) is 19.3 Å². The highest BCUT2D eigenvalue weighted by molar-refractivity contribution is 5.95. The Morgan fingerprint density at radius 1 is 1.05 bits per heavy atom. The molecular formula is C17H26N2O. The van der Waals surface area contributed by atoms with Gasteiger partial charge in [-0.15, -0.1) is 0 Å². The average Bonchev–Trinajstić information content (AvgIpc) is 3.08. The molecule has 110 valence electrons. The molecule has 0 unspecified atom stereocenters. The third-order valence-corrected chi connectivity index (χ3v) is 5.05. The van der Waals surface area contributed by atoms with Gasteiger partial charge in [0.1, 0.15) is 0 Å². The number of nitrogens with zero attached hydrogens (tertiary/aromatic N) is 2. The number of hydrogen-bond donors (Lipinski definition) is 0. The molecule has 0 bridgehead atoms. The van der Waals surface area contributed by atoms with Gasteiger partial charge in [0.05, 0.1) is 5.56 Å². The Hall–Kier alpha value is -1.25. The monoisotopic (exact) mass is 274 g/mol. The number of amides is 1. The zero-order valence-corrected chi connectivity index (χ0v) is 12.8. The van der Waals surface area contributed by atoms with Gasteiger partial charge in [0.15, 0.2) is 0 Å². The number of aromatic nitrogens is 1. The highest BCUT2D eigenvalue weighted by Crippen LogP contribution is 2.32. The van der Waals surface area contributed by atoms with Crippen molar-refractivity contribution in [2.45, 2.75) is 64.8 Å². The molecule has 0 atom stereocenters. The molecule has 0 radical (unpaired) electrons. The lowest BCUT2D eigenvalue weighted by atomic mass is 9.95. The van der Waals surface area contributed by atoms with E-state index in [0.717, 1.165) is 31.5 Å². The number of carbonyl (C=O) groups excluding carboxylic acids is 1. The molecule has 2 aliphatic rings. The first-order valence-corrected chi connectivity index (χ1v) is 8.16. The van der Waals surface area contributed by atoms with Gasteiger partial charge < -0.3 is 9.47 Å². The molecule has 2 heterocycles. The van der Waals surface area contributed by atoms with Crippen LogP contribution in [-0.4, -0.2) is 28.5 Å². The Morgan fingerprint density at radius 3 is 2.35 bits per heavy atom. The van der Waals surface area contributed by atoms with Crippen molar-refractivity contribution in [3.05, 3.63) is 23.0 Å². The van der Waals surface area contributed by atoms with Crippen LogP contribution in [0.3, 0.4) is 0 Å². The molecule has 3 heteroatoms. The lowest BCUT2D eigenvalue weighted by Crippen LogP contribution is -2.28. The molecule has 3 rings (SSSR count). The van der Waals surface area contributed by atoms with Gasteiger partial charge in [-0.05, 0) is 45.6 Å². The topological polar surface area (TPSA) is 25.2 Å². The highest BCUT2D eigenvalue weighted by Gasteiger charge is 2.26. The number of likely N-dealkylation sites (tertiary alicyclic amines) is 1. The fraction of sp³-hybridized carbons (Fsp3) is 0.706. The minimum Gasteiger partial charge on any atom is -0.345 e. The maximum absolute atomic E-state index is 12.6. The maximum Gasteiger partial charge on any atom is 0.255 e. The van der Waals surface area contributed by atoms with Crippen LogP contribution in [0.4, 0.5) is 0 Å². The standard InChI is InChI=1S/C17H26N2O/c1-13-12-16(17(20)18-10-6-7-11-18)14(2)19(13)15-8-4-3-5-9-15/h12,15H,3-11H2,1-2H3. The lowest BCUT2D eigenvalue weighted by Gasteiger charge is -2.26. The Kier molecular flexibility index (Phi) is 3.86. The second-order valence-electron chi connectivity index (χ2n) is 6.45. The fourth-order valence-electron chi connectivity index (χ4n) is 3.99. The molecule has 1 aromatic heterocycles. The van der Waals surface area contributed by atoms with Crippen LogP contribution in [0.2, 0.25) is 0 Å². The number of hydrogen-bond acceptors (Lipinski definition) is 1. The summed E-state index contributed by atoms with van der Waals surface area (Å²) < 4.78 is 2.43. The molecule has 0 N–H and O–H groups in total. The van der Waals surface area contributed by atoms with Crippen LogP contribution in [0.25, 0.3) is 0 Å². The summed E-state index contributed by atoms with van der Waals surface area (Å²) in [5.41, 5.74) is 3.39. The van der Waals surface area contributed by atoms with E-state index < -0.39 is 0 Å². The van der Waals surface area contributed by atoms with Crippen molar-refractivity contribution in [2.24, 2.45) is 0 Å². The summed E-state index contributed by atoms with van der Waals surface area (Å²) in [6, 6.07) is 2.73. The smallest absolute Gasteiger partial charge is 0.255 e. The van der Waals surface area contributed by atoms with Gasteiger partial charge in [-0.3, -0.25) is 4.79 Å². The Balaban J connectivity index is 1.87. The molecule has 1 amide bonds. The van der Waals surface area contributed by atoms with Gasteiger partial charge in [0.25, 0.3) is 5.91 Å². The van der Waals surface area contributed by atoms with E-state index in [1.54, 1.807) is 0 Å². The van der Waals surface area contributed by atoms with Gasteiger partial charge in [-0.25, -0.2) is 0 Å². The van der Waals surface area contributed by atoms with Crippen LogP contribution in [0, 0.1) is 13.8 Å². The largest absolute Gasteiger partial charge is 0.345 e. The second kappa shape index (κ2) is 5.63. The van der Waals surface area contributed by atoms with E-state index in [0.29, 0.717) is 6.04 Å². The molecule has 3 nitrogen and oxygen atoms in total. The summed E-state index contributed by atoms with van der Waals surface area (Å²) in [6.07, 6.45) is 8.89. The predicted octanol–water partition coefficient (Wildman–Crippen LogP) is 3.85. The zero-order chi connectivity index (χ0) is 14.1. The van der Waals surface area contributed by atoms with Crippen LogP contribution in [0.5, 0.6) is 0 Å². The lowest BCUT2D eigenvalue weighted by molar-refractivity contribution is 0.0792. The molecule has 1 saturated carbocycles. The van der Waals surface area contributed by atoms with Crippen molar-refractivity contribution in [1.82, 2.24) is 9.47 Å². The molecule has 1 aliphatic heterocycles. The summed E-state index contributed by atoms with van der Waals surface area (Å²) in [7, 11) is 0. The average molecular weight is 274 g/mol. The van der Waals surface area contributed by atoms with E-state index in [2.05, 4.69) is 24.5 Å². The third-order valence-electron chi connectivity index (χ3n) is 5.05. The van der Waals surface area contributed by atoms with Crippen molar-refractivity contribution in [3.63, 3.8) is 0 Å². The van der Waals surface area contributed by atoms with Crippen LogP contribution < -0.4 is 0 Å². The molecule has 1 aliphatic carbocycles. The van der Waals surface area contributed by atoms with Crippen molar-refractivity contribution in [1.29, 1.82) is 0 Å². The van der Waals surface area contributed by atoms with Crippen molar-refractivity contribution in [2.75, 3.05) is 13.1 Å². The van der Waals surface area contributed by atoms with Crippen molar-refractivity contribution >= 4 is 5.91 Å². The Bertz CT molecular complexity index is 491. The summed E-state index contributed by atoms with van der Waals surface area (Å²) in [5, 5.41) is 0. The first kappa shape index (κ1) is 13.7. The second-order valence-corrected chi connectivity index (χ2v) is 6.45. The van der Waals surface area contributed by atoms with Crippen LogP contribution in [-0.2, 0) is 0 Å². The summed E-state index contributed by atoms with van der Waals surface area (Å²) in [4.78, 5) is 14.6. The van der Waals surface area contributed by atoms with Gasteiger partial charge in [-0.2, -0.15) is 0 Å². The molecule has 2 fully saturated rings. The van der Waals surface area contributed by atoms with E-state index in [1.807, 2.05) is 4.90 Å². The first-order chi connectivity index (χ1) is 9.68. The third kappa shape index (κ3) is 2.38. The Labute approximate surface area is 122 Å². The molecule has 0 aromatic carbocycles. The van der Waals surface area contributed by atoms with Gasteiger partial charge >= 0.3 is 0 Å². The van der Waals surface area contributed by atoms with Gasteiger partial charge in [0.2, 0.25) is 0 Å². The number of aryl methyl sites for hydroxylation is 1. The fourth-order valence-corrected chi connectivity index (χ4v) is 3.99. The SMILES string of the molecule is Cc1cc(C(=O)N2CCCC2)c(C)n1C1CCCCC1. The van der Waals surface area contributed by atoms with Crippen LogP contribution >= 0.6 is 0 Å². The van der Waals surface area contributed by atoms with E-state index in [-0.39, 0.29) is 5.91 Å². The summed E-state index contributed by atoms with van der Waals surface area (Å²) in [6.45, 7) is 6.16. The van der Waals surface area contributed by atoms with Crippen molar-refractivity contribution in [3.8, 4) is 0 Å². The molecule has 1 saturated heterocycles. The van der Waals surface area contributed by atoms with Gasteiger partial charge in [0, 0.05) is 30.5 Å². The van der Waals surface area contributed by atoms with E-state index in [9.17, 15) is 4.79 Å². The first-order valence-electron chi connectivity index (χ1n) is 8.16. The maximum atomic E-state index is 12.6. The highest BCUT2D eigenvalue weighted by atomic mass is 16.2. The minimum absolute atomic E-state index is 0.248. The van der Waals surface area contributed by atoms with Crippen molar-refractivity contribution < 1.29 is 4.79 Å². The number of rotatable bonds is 2. The Morgan fingerprint density at radius 2 is 1.70 bits per heavy atom. The van der Waals surface area contributed by atoms with Crippen LogP contribution in [0.15, 0.2) is 6.07 Å². The number of carbonyl (C=O) groups is 1. The molecule has 20 heavy (non-hydrogen) atoms. The molecule has 0 spiro atoms. The normalized spacial score (nSPS) is 20.6. The predicted molar refractivity (Wildman–Crippen MR) is 81.2 cm³/mol. The zero-order valence-electron chi connectivity index (χ0n) is 12.8. The molecule has 1 aromatic rings. The van der Waals surface area contributed by atoms with Crippen LogP contribution in [0.1, 0.15) is 72.7 Å². The minimum atomic E-state index is 0.248. The van der Waals surface area contributed by atoms with E-state index in [1.165, 1.54) is 43.5 Å². The van der Waals surface area contributed by atoms with E-state index >= 15 is 0 Å². The van der Waals surface area contributed by atoms with E-state index in [4.69, 9.17) is 0 Å². The quantitative estimate of drug-likeness (QED) is 0.804.